The fourth-order valence-corrected chi connectivity index (χ4v) is 1.82. The standard InChI is InChI=1S/C18H15N3O3/c1-24-16-9-7-15(8-10-16)20-12-14(11-19)18(23)21-17(22)13-5-3-2-4-6-13/h2-10,12,20H,1H3,(H,21,22,23)/b14-12-. The number of nitrogens with zero attached hydrogens (tertiary/aromatic N) is 1. The number of nitrogens with one attached hydrogen (secondary N) is 2. The van der Waals surface area contributed by atoms with Crippen LogP contribution < -0.4 is 15.4 Å². The number of hydrogen-bond acceptors (Lipinski definition) is 5. The molecule has 0 atom stereocenters. The summed E-state index contributed by atoms with van der Waals surface area (Å²) < 4.78 is 5.04. The minimum atomic E-state index is -0.771. The SMILES string of the molecule is COc1ccc(N/C=C(/C#N)C(=O)NC(=O)c2ccccc2)cc1. The maximum Gasteiger partial charge on any atom is 0.270 e. The lowest BCUT2D eigenvalue weighted by Crippen LogP contribution is -2.31. The molecule has 0 spiro atoms. The third kappa shape index (κ3) is 4.45. The number of benzene rings is 2. The third-order valence-electron chi connectivity index (χ3n) is 3.10. The minimum absolute atomic E-state index is 0.213. The van der Waals surface area contributed by atoms with Gasteiger partial charge in [0.15, 0.2) is 0 Å². The first-order chi connectivity index (χ1) is 11.6. The van der Waals surface area contributed by atoms with Gasteiger partial charge in [0.2, 0.25) is 0 Å². The van der Waals surface area contributed by atoms with E-state index in [0.717, 1.165) is 0 Å². The fourth-order valence-electron chi connectivity index (χ4n) is 1.82. The van der Waals surface area contributed by atoms with Gasteiger partial charge in [0, 0.05) is 17.5 Å². The minimum Gasteiger partial charge on any atom is -0.497 e. The van der Waals surface area contributed by atoms with Crippen molar-refractivity contribution in [3.05, 3.63) is 71.9 Å². The molecule has 2 aromatic rings. The second-order valence-corrected chi connectivity index (χ2v) is 4.69. The molecule has 6 heteroatoms. The maximum atomic E-state index is 12.0. The normalized spacial score (nSPS) is 10.4. The van der Waals surface area contributed by atoms with Gasteiger partial charge in [-0.15, -0.1) is 0 Å². The lowest BCUT2D eigenvalue weighted by Gasteiger charge is -2.05. The van der Waals surface area contributed by atoms with Gasteiger partial charge in [-0.05, 0) is 36.4 Å². The Balaban J connectivity index is 2.02. The van der Waals surface area contributed by atoms with Gasteiger partial charge in [-0.3, -0.25) is 14.9 Å². The molecule has 2 amide bonds. The van der Waals surface area contributed by atoms with Crippen molar-refractivity contribution < 1.29 is 14.3 Å². The summed E-state index contributed by atoms with van der Waals surface area (Å²) in [6.07, 6.45) is 1.25. The Labute approximate surface area is 139 Å². The van der Waals surface area contributed by atoms with E-state index in [2.05, 4.69) is 10.6 Å². The number of imide groups is 1. The molecule has 0 unspecified atom stereocenters. The highest BCUT2D eigenvalue weighted by Crippen LogP contribution is 2.15. The number of rotatable bonds is 5. The molecule has 0 fully saturated rings. The zero-order valence-electron chi connectivity index (χ0n) is 12.9. The maximum absolute atomic E-state index is 12.0. The van der Waals surface area contributed by atoms with E-state index >= 15 is 0 Å². The van der Waals surface area contributed by atoms with Crippen LogP contribution in [0.15, 0.2) is 66.4 Å². The largest absolute Gasteiger partial charge is 0.497 e. The second-order valence-electron chi connectivity index (χ2n) is 4.69. The van der Waals surface area contributed by atoms with Crippen molar-refractivity contribution in [3.63, 3.8) is 0 Å². The summed E-state index contributed by atoms with van der Waals surface area (Å²) in [6.45, 7) is 0. The van der Waals surface area contributed by atoms with Crippen molar-refractivity contribution in [2.45, 2.75) is 0 Å². The Bertz CT molecular complexity index is 791. The highest BCUT2D eigenvalue weighted by molar-refractivity contribution is 6.11. The Morgan fingerprint density at radius 3 is 2.33 bits per heavy atom. The molecular weight excluding hydrogens is 306 g/mol. The molecule has 2 rings (SSSR count). The third-order valence-corrected chi connectivity index (χ3v) is 3.10. The van der Waals surface area contributed by atoms with Crippen LogP contribution >= 0.6 is 0 Å². The number of anilines is 1. The summed E-state index contributed by atoms with van der Waals surface area (Å²) in [5.74, 6) is -0.644. The number of nitriles is 1. The van der Waals surface area contributed by atoms with E-state index in [-0.39, 0.29) is 5.57 Å². The number of hydrogen-bond donors (Lipinski definition) is 2. The monoisotopic (exact) mass is 321 g/mol. The lowest BCUT2D eigenvalue weighted by atomic mass is 10.2. The van der Waals surface area contributed by atoms with Gasteiger partial charge in [0.05, 0.1) is 7.11 Å². The van der Waals surface area contributed by atoms with Gasteiger partial charge in [0.1, 0.15) is 17.4 Å². The van der Waals surface area contributed by atoms with Crippen molar-refractivity contribution in [1.29, 1.82) is 5.26 Å². The molecule has 6 nitrogen and oxygen atoms in total. The topological polar surface area (TPSA) is 91.2 Å². The molecule has 0 radical (unpaired) electrons. The van der Waals surface area contributed by atoms with Crippen molar-refractivity contribution in [1.82, 2.24) is 5.32 Å². The molecule has 0 bridgehead atoms. The van der Waals surface area contributed by atoms with Crippen LogP contribution in [0.1, 0.15) is 10.4 Å². The van der Waals surface area contributed by atoms with Crippen LogP contribution in [0.4, 0.5) is 5.69 Å². The van der Waals surface area contributed by atoms with E-state index in [4.69, 9.17) is 10.00 Å². The number of methoxy groups -OCH3 is 1. The summed E-state index contributed by atoms with van der Waals surface area (Å²) >= 11 is 0. The Kier molecular flexibility index (Phi) is 5.70. The average molecular weight is 321 g/mol. The molecule has 0 heterocycles. The number of amides is 2. The van der Waals surface area contributed by atoms with E-state index in [1.54, 1.807) is 67.8 Å². The summed E-state index contributed by atoms with van der Waals surface area (Å²) in [7, 11) is 1.56. The summed E-state index contributed by atoms with van der Waals surface area (Å²) in [4.78, 5) is 23.9. The average Bonchev–Trinajstić information content (AvgIpc) is 2.63. The first-order valence-corrected chi connectivity index (χ1v) is 7.05. The van der Waals surface area contributed by atoms with E-state index in [1.165, 1.54) is 6.20 Å². The quantitative estimate of drug-likeness (QED) is 0.652. The fraction of sp³-hybridized carbons (Fsp3) is 0.0556. The number of ether oxygens (including phenoxy) is 1. The first-order valence-electron chi connectivity index (χ1n) is 7.05. The molecule has 0 aliphatic rings. The van der Waals surface area contributed by atoms with Crippen LogP contribution in [-0.2, 0) is 4.79 Å². The van der Waals surface area contributed by atoms with Crippen molar-refractivity contribution in [3.8, 4) is 11.8 Å². The Morgan fingerprint density at radius 1 is 1.08 bits per heavy atom. The Morgan fingerprint density at radius 2 is 1.75 bits per heavy atom. The summed E-state index contributed by atoms with van der Waals surface area (Å²) in [5, 5.41) is 14.1. The van der Waals surface area contributed by atoms with Crippen LogP contribution in [0.3, 0.4) is 0 Å². The lowest BCUT2D eigenvalue weighted by molar-refractivity contribution is -0.116. The van der Waals surface area contributed by atoms with Gasteiger partial charge < -0.3 is 10.1 Å². The summed E-state index contributed by atoms with van der Waals surface area (Å²) in [5.41, 5.74) is 0.798. The van der Waals surface area contributed by atoms with Crippen LogP contribution in [-0.4, -0.2) is 18.9 Å². The molecule has 0 aliphatic heterocycles. The van der Waals surface area contributed by atoms with E-state index in [9.17, 15) is 9.59 Å². The molecule has 0 aliphatic carbocycles. The van der Waals surface area contributed by atoms with Crippen LogP contribution in [0.25, 0.3) is 0 Å². The highest BCUT2D eigenvalue weighted by atomic mass is 16.5. The van der Waals surface area contributed by atoms with E-state index < -0.39 is 11.8 Å². The van der Waals surface area contributed by atoms with Gasteiger partial charge in [-0.2, -0.15) is 5.26 Å². The van der Waals surface area contributed by atoms with Crippen molar-refractivity contribution in [2.24, 2.45) is 0 Å². The van der Waals surface area contributed by atoms with Gasteiger partial charge in [0.25, 0.3) is 11.8 Å². The van der Waals surface area contributed by atoms with Crippen molar-refractivity contribution in [2.75, 3.05) is 12.4 Å². The van der Waals surface area contributed by atoms with Gasteiger partial charge in [-0.25, -0.2) is 0 Å². The molecule has 0 saturated heterocycles. The molecule has 0 aromatic heterocycles. The molecule has 0 saturated carbocycles. The number of carbonyl (C=O) groups is 2. The number of carbonyl (C=O) groups excluding carboxylic acids is 2. The molecular formula is C18H15N3O3. The second kappa shape index (κ2) is 8.15. The predicted octanol–water partition coefficient (Wildman–Crippen LogP) is 2.47. The van der Waals surface area contributed by atoms with Crippen LogP contribution in [0.2, 0.25) is 0 Å². The van der Waals surface area contributed by atoms with E-state index in [0.29, 0.717) is 17.0 Å². The van der Waals surface area contributed by atoms with Gasteiger partial charge in [-0.1, -0.05) is 18.2 Å². The van der Waals surface area contributed by atoms with Crippen LogP contribution in [0, 0.1) is 11.3 Å². The highest BCUT2D eigenvalue weighted by Gasteiger charge is 2.14. The Hall–Kier alpha value is -3.59. The molecule has 120 valence electrons. The van der Waals surface area contributed by atoms with Crippen molar-refractivity contribution >= 4 is 17.5 Å². The molecule has 24 heavy (non-hydrogen) atoms. The smallest absolute Gasteiger partial charge is 0.270 e. The zero-order chi connectivity index (χ0) is 17.4. The van der Waals surface area contributed by atoms with Gasteiger partial charge >= 0.3 is 0 Å². The van der Waals surface area contributed by atoms with E-state index in [1.807, 2.05) is 0 Å². The first kappa shape index (κ1) is 16.8. The summed E-state index contributed by atoms with van der Waals surface area (Å²) in [6, 6.07) is 17.0. The molecule has 2 N–H and O–H groups in total. The predicted molar refractivity (Wildman–Crippen MR) is 89.2 cm³/mol. The van der Waals surface area contributed by atoms with Crippen LogP contribution in [0.5, 0.6) is 5.75 Å². The molecule has 2 aromatic carbocycles. The zero-order valence-corrected chi connectivity index (χ0v) is 12.9.